The van der Waals surface area contributed by atoms with Crippen LogP contribution in [0.3, 0.4) is 0 Å². The van der Waals surface area contributed by atoms with Crippen molar-refractivity contribution in [2.45, 2.75) is 6.42 Å². The molecule has 3 heteroatoms. The first kappa shape index (κ1) is 9.60. The quantitative estimate of drug-likeness (QED) is 0.745. The van der Waals surface area contributed by atoms with Crippen molar-refractivity contribution >= 4 is 10.9 Å². The fourth-order valence-electron chi connectivity index (χ4n) is 1.89. The maximum atomic E-state index is 8.75. The Morgan fingerprint density at radius 3 is 2.93 bits per heavy atom. The fourth-order valence-corrected chi connectivity index (χ4v) is 1.89. The lowest BCUT2D eigenvalue weighted by Crippen LogP contribution is -1.86. The van der Waals surface area contributed by atoms with Gasteiger partial charge in [-0.25, -0.2) is 0 Å². The normalized spacial score (nSPS) is 10.2. The van der Waals surface area contributed by atoms with E-state index in [9.17, 15) is 0 Å². The molecular weight excluding hydrogens is 188 g/mol. The SMILES string of the molecule is COc1cccc2c1c(CC#N)cn2C. The van der Waals surface area contributed by atoms with E-state index in [-0.39, 0.29) is 0 Å². The van der Waals surface area contributed by atoms with Gasteiger partial charge >= 0.3 is 0 Å². The summed E-state index contributed by atoms with van der Waals surface area (Å²) in [6, 6.07) is 8.07. The minimum absolute atomic E-state index is 0.414. The van der Waals surface area contributed by atoms with Crippen molar-refractivity contribution in [3.8, 4) is 11.8 Å². The van der Waals surface area contributed by atoms with Crippen LogP contribution in [0.25, 0.3) is 10.9 Å². The van der Waals surface area contributed by atoms with Crippen LogP contribution in [0.1, 0.15) is 5.56 Å². The maximum Gasteiger partial charge on any atom is 0.128 e. The Hall–Kier alpha value is -1.95. The van der Waals surface area contributed by atoms with E-state index >= 15 is 0 Å². The second kappa shape index (κ2) is 3.66. The molecule has 2 aromatic rings. The molecule has 0 aliphatic rings. The van der Waals surface area contributed by atoms with Gasteiger partial charge in [-0.15, -0.1) is 0 Å². The first-order valence-electron chi connectivity index (χ1n) is 4.75. The molecule has 0 saturated carbocycles. The highest BCUT2D eigenvalue weighted by molar-refractivity contribution is 5.90. The molecule has 0 unspecified atom stereocenters. The Morgan fingerprint density at radius 1 is 1.47 bits per heavy atom. The van der Waals surface area contributed by atoms with E-state index < -0.39 is 0 Å². The third-order valence-electron chi connectivity index (χ3n) is 2.54. The van der Waals surface area contributed by atoms with Crippen LogP contribution in [0.15, 0.2) is 24.4 Å². The van der Waals surface area contributed by atoms with Gasteiger partial charge in [0.2, 0.25) is 0 Å². The molecular formula is C12H12N2O. The van der Waals surface area contributed by atoms with E-state index in [4.69, 9.17) is 10.00 Å². The van der Waals surface area contributed by atoms with Crippen LogP contribution in [-0.4, -0.2) is 11.7 Å². The number of benzene rings is 1. The van der Waals surface area contributed by atoms with Gasteiger partial charge in [0, 0.05) is 18.6 Å². The van der Waals surface area contributed by atoms with E-state index in [1.165, 1.54) is 0 Å². The van der Waals surface area contributed by atoms with Crippen molar-refractivity contribution in [1.29, 1.82) is 5.26 Å². The van der Waals surface area contributed by atoms with Gasteiger partial charge in [-0.05, 0) is 17.7 Å². The highest BCUT2D eigenvalue weighted by Crippen LogP contribution is 2.30. The predicted octanol–water partition coefficient (Wildman–Crippen LogP) is 2.25. The lowest BCUT2D eigenvalue weighted by molar-refractivity contribution is 0.419. The first-order chi connectivity index (χ1) is 7.27. The van der Waals surface area contributed by atoms with Crippen molar-refractivity contribution < 1.29 is 4.74 Å². The van der Waals surface area contributed by atoms with Crippen LogP contribution < -0.4 is 4.74 Å². The highest BCUT2D eigenvalue weighted by atomic mass is 16.5. The molecule has 1 aromatic carbocycles. The lowest BCUT2D eigenvalue weighted by Gasteiger charge is -2.03. The van der Waals surface area contributed by atoms with Crippen LogP contribution in [0.4, 0.5) is 0 Å². The number of methoxy groups -OCH3 is 1. The van der Waals surface area contributed by atoms with Gasteiger partial charge in [-0.1, -0.05) is 6.07 Å². The topological polar surface area (TPSA) is 37.9 Å². The van der Waals surface area contributed by atoms with E-state index in [1.807, 2.05) is 36.0 Å². The summed E-state index contributed by atoms with van der Waals surface area (Å²) in [4.78, 5) is 0. The number of hydrogen-bond acceptors (Lipinski definition) is 2. The molecule has 0 atom stereocenters. The van der Waals surface area contributed by atoms with Gasteiger partial charge in [0.1, 0.15) is 5.75 Å². The van der Waals surface area contributed by atoms with Crippen LogP contribution in [0, 0.1) is 11.3 Å². The Labute approximate surface area is 88.5 Å². The molecule has 0 radical (unpaired) electrons. The number of hydrogen-bond donors (Lipinski definition) is 0. The summed E-state index contributed by atoms with van der Waals surface area (Å²) in [5.41, 5.74) is 2.12. The summed E-state index contributed by atoms with van der Waals surface area (Å²) in [6.45, 7) is 0. The molecule has 0 saturated heterocycles. The van der Waals surface area contributed by atoms with Gasteiger partial charge in [0.15, 0.2) is 0 Å². The van der Waals surface area contributed by atoms with E-state index in [1.54, 1.807) is 7.11 Å². The van der Waals surface area contributed by atoms with Crippen LogP contribution in [0.2, 0.25) is 0 Å². The third kappa shape index (κ3) is 1.44. The molecule has 76 valence electrons. The van der Waals surface area contributed by atoms with Gasteiger partial charge in [-0.3, -0.25) is 0 Å². The summed E-state index contributed by atoms with van der Waals surface area (Å²) in [7, 11) is 3.63. The zero-order valence-electron chi connectivity index (χ0n) is 8.82. The third-order valence-corrected chi connectivity index (χ3v) is 2.54. The fraction of sp³-hybridized carbons (Fsp3) is 0.250. The van der Waals surface area contributed by atoms with E-state index in [0.717, 1.165) is 22.2 Å². The van der Waals surface area contributed by atoms with Crippen molar-refractivity contribution in [2.24, 2.45) is 7.05 Å². The summed E-state index contributed by atoms with van der Waals surface area (Å²) in [5, 5.41) is 9.80. The average molecular weight is 200 g/mol. The number of aromatic nitrogens is 1. The molecule has 15 heavy (non-hydrogen) atoms. The van der Waals surface area contributed by atoms with Crippen LogP contribution in [-0.2, 0) is 13.5 Å². The summed E-state index contributed by atoms with van der Waals surface area (Å²) in [6.07, 6.45) is 2.40. The molecule has 0 aliphatic heterocycles. The molecule has 3 nitrogen and oxygen atoms in total. The molecule has 0 N–H and O–H groups in total. The van der Waals surface area contributed by atoms with Crippen molar-refractivity contribution in [3.05, 3.63) is 30.0 Å². The standard InChI is InChI=1S/C12H12N2O/c1-14-8-9(6-7-13)12-10(14)4-3-5-11(12)15-2/h3-5,8H,6H2,1-2H3. The number of aryl methyl sites for hydroxylation is 1. The Balaban J connectivity index is 2.77. The number of ether oxygens (including phenoxy) is 1. The van der Waals surface area contributed by atoms with Gasteiger partial charge in [0.25, 0.3) is 0 Å². The minimum Gasteiger partial charge on any atom is -0.496 e. The predicted molar refractivity (Wildman–Crippen MR) is 58.8 cm³/mol. The average Bonchev–Trinajstić information content (AvgIpc) is 2.57. The zero-order valence-corrected chi connectivity index (χ0v) is 8.82. The lowest BCUT2D eigenvalue weighted by atomic mass is 10.1. The van der Waals surface area contributed by atoms with E-state index in [2.05, 4.69) is 6.07 Å². The van der Waals surface area contributed by atoms with Gasteiger partial charge in [0.05, 0.1) is 25.1 Å². The Bertz CT molecular complexity index is 534. The number of nitriles is 1. The monoisotopic (exact) mass is 200 g/mol. The molecule has 1 aromatic heterocycles. The first-order valence-corrected chi connectivity index (χ1v) is 4.75. The van der Waals surface area contributed by atoms with E-state index in [0.29, 0.717) is 6.42 Å². The van der Waals surface area contributed by atoms with Gasteiger partial charge in [-0.2, -0.15) is 5.26 Å². The zero-order chi connectivity index (χ0) is 10.8. The molecule has 0 spiro atoms. The summed E-state index contributed by atoms with van der Waals surface area (Å²) >= 11 is 0. The van der Waals surface area contributed by atoms with Crippen LogP contribution >= 0.6 is 0 Å². The van der Waals surface area contributed by atoms with Crippen molar-refractivity contribution in [3.63, 3.8) is 0 Å². The second-order valence-corrected chi connectivity index (χ2v) is 3.45. The summed E-state index contributed by atoms with van der Waals surface area (Å²) in [5.74, 6) is 0.832. The molecule has 0 aliphatic carbocycles. The molecule has 0 bridgehead atoms. The van der Waals surface area contributed by atoms with Gasteiger partial charge < -0.3 is 9.30 Å². The second-order valence-electron chi connectivity index (χ2n) is 3.45. The van der Waals surface area contributed by atoms with Crippen molar-refractivity contribution in [2.75, 3.05) is 7.11 Å². The Kier molecular flexibility index (Phi) is 2.34. The Morgan fingerprint density at radius 2 is 2.27 bits per heavy atom. The van der Waals surface area contributed by atoms with Crippen LogP contribution in [0.5, 0.6) is 5.75 Å². The summed E-state index contributed by atoms with van der Waals surface area (Å²) < 4.78 is 7.32. The molecule has 0 fully saturated rings. The van der Waals surface area contributed by atoms with Crippen molar-refractivity contribution in [1.82, 2.24) is 4.57 Å². The maximum absolute atomic E-state index is 8.75. The smallest absolute Gasteiger partial charge is 0.128 e. The largest absolute Gasteiger partial charge is 0.496 e. The number of rotatable bonds is 2. The minimum atomic E-state index is 0.414. The molecule has 0 amide bonds. The highest BCUT2D eigenvalue weighted by Gasteiger charge is 2.10. The molecule has 1 heterocycles. The number of fused-ring (bicyclic) bond motifs is 1. The number of nitrogens with zero attached hydrogens (tertiary/aromatic N) is 2. The molecule has 2 rings (SSSR count).